The molecule has 0 aliphatic carbocycles. The largest absolute Gasteiger partial charge is 0.398 e. The number of aryl methyl sites for hydroxylation is 1. The Kier molecular flexibility index (Phi) is 5.14. The van der Waals surface area contributed by atoms with E-state index in [9.17, 15) is 16.8 Å². The van der Waals surface area contributed by atoms with Crippen LogP contribution in [0.5, 0.6) is 0 Å². The van der Waals surface area contributed by atoms with Crippen LogP contribution in [-0.2, 0) is 20.0 Å². The van der Waals surface area contributed by atoms with Gasteiger partial charge in [0.05, 0.1) is 11.4 Å². The van der Waals surface area contributed by atoms with Crippen LogP contribution in [0.2, 0.25) is 0 Å². The van der Waals surface area contributed by atoms with Crippen LogP contribution >= 0.6 is 0 Å². The van der Waals surface area contributed by atoms with Crippen LogP contribution in [0.25, 0.3) is 0 Å². The van der Waals surface area contributed by atoms with Gasteiger partial charge < -0.3 is 5.73 Å². The SMILES string of the molecule is CNS(=O)(=O)CCNS(=O)(=O)c1c(N)ccc(C)c1C. The molecule has 0 aliphatic rings. The van der Waals surface area contributed by atoms with Gasteiger partial charge in [-0.05, 0) is 38.1 Å². The van der Waals surface area contributed by atoms with Gasteiger partial charge in [0.15, 0.2) is 0 Å². The van der Waals surface area contributed by atoms with Crippen molar-refractivity contribution in [1.82, 2.24) is 9.44 Å². The second-order valence-electron chi connectivity index (χ2n) is 4.35. The van der Waals surface area contributed by atoms with Crippen molar-refractivity contribution in [3.05, 3.63) is 23.3 Å². The monoisotopic (exact) mass is 321 g/mol. The molecule has 0 saturated carbocycles. The van der Waals surface area contributed by atoms with E-state index in [2.05, 4.69) is 9.44 Å². The third kappa shape index (κ3) is 3.92. The van der Waals surface area contributed by atoms with Crippen molar-refractivity contribution < 1.29 is 16.8 Å². The first-order valence-electron chi connectivity index (χ1n) is 5.87. The van der Waals surface area contributed by atoms with Gasteiger partial charge in [0, 0.05) is 6.54 Å². The zero-order valence-electron chi connectivity index (χ0n) is 11.6. The van der Waals surface area contributed by atoms with E-state index in [1.807, 2.05) is 0 Å². The third-order valence-electron chi connectivity index (χ3n) is 2.95. The van der Waals surface area contributed by atoms with Gasteiger partial charge >= 0.3 is 0 Å². The normalized spacial score (nSPS) is 12.6. The second kappa shape index (κ2) is 6.08. The Morgan fingerprint density at radius 3 is 2.30 bits per heavy atom. The lowest BCUT2D eigenvalue weighted by Crippen LogP contribution is -2.33. The molecule has 114 valence electrons. The number of hydrogen-bond donors (Lipinski definition) is 3. The van der Waals surface area contributed by atoms with E-state index >= 15 is 0 Å². The molecule has 1 aromatic rings. The maximum absolute atomic E-state index is 12.2. The summed E-state index contributed by atoms with van der Waals surface area (Å²) in [5.41, 5.74) is 7.19. The minimum absolute atomic E-state index is 0.000597. The summed E-state index contributed by atoms with van der Waals surface area (Å²) in [6.07, 6.45) is 0. The van der Waals surface area contributed by atoms with Crippen LogP contribution in [0.4, 0.5) is 5.69 Å². The van der Waals surface area contributed by atoms with Gasteiger partial charge in [-0.3, -0.25) is 0 Å². The lowest BCUT2D eigenvalue weighted by molar-refractivity contribution is 0.578. The predicted octanol–water partition coefficient (Wildman–Crippen LogP) is -0.287. The summed E-state index contributed by atoms with van der Waals surface area (Å²) in [7, 11) is -6.03. The molecular weight excluding hydrogens is 302 g/mol. The van der Waals surface area contributed by atoms with Crippen molar-refractivity contribution in [3.8, 4) is 0 Å². The predicted molar refractivity (Wildman–Crippen MR) is 78.4 cm³/mol. The molecule has 9 heteroatoms. The standard InChI is InChI=1S/C11H19N3O4S2/c1-8-4-5-10(12)11(9(8)2)20(17,18)14-6-7-19(15,16)13-3/h4-5,13-14H,6-7,12H2,1-3H3. The van der Waals surface area contributed by atoms with Gasteiger partial charge in [0.25, 0.3) is 0 Å². The Balaban J connectivity index is 2.99. The summed E-state index contributed by atoms with van der Waals surface area (Å²) < 4.78 is 51.2. The zero-order chi connectivity index (χ0) is 15.6. The van der Waals surface area contributed by atoms with Crippen LogP contribution in [-0.4, -0.2) is 36.2 Å². The second-order valence-corrected chi connectivity index (χ2v) is 8.10. The van der Waals surface area contributed by atoms with Crippen LogP contribution in [0.1, 0.15) is 11.1 Å². The number of anilines is 1. The van der Waals surface area contributed by atoms with E-state index in [1.54, 1.807) is 19.9 Å². The zero-order valence-corrected chi connectivity index (χ0v) is 13.2. The quantitative estimate of drug-likeness (QED) is 0.622. The lowest BCUT2D eigenvalue weighted by Gasteiger charge is -2.13. The minimum atomic E-state index is -3.84. The summed E-state index contributed by atoms with van der Waals surface area (Å²) in [4.78, 5) is -0.000597. The number of nitrogens with two attached hydrogens (primary N) is 1. The molecule has 0 spiro atoms. The molecule has 7 nitrogen and oxygen atoms in total. The molecule has 1 rings (SSSR count). The number of nitrogens with one attached hydrogen (secondary N) is 2. The van der Waals surface area contributed by atoms with Crippen molar-refractivity contribution in [1.29, 1.82) is 0 Å². The van der Waals surface area contributed by atoms with E-state index < -0.39 is 20.0 Å². The van der Waals surface area contributed by atoms with Crippen LogP contribution in [0.3, 0.4) is 0 Å². The highest BCUT2D eigenvalue weighted by Gasteiger charge is 2.21. The Morgan fingerprint density at radius 1 is 1.15 bits per heavy atom. The summed E-state index contributed by atoms with van der Waals surface area (Å²) in [6, 6.07) is 3.25. The van der Waals surface area contributed by atoms with Crippen LogP contribution in [0, 0.1) is 13.8 Å². The molecule has 0 heterocycles. The van der Waals surface area contributed by atoms with Crippen molar-refractivity contribution in [3.63, 3.8) is 0 Å². The molecule has 0 bridgehead atoms. The molecule has 1 aromatic carbocycles. The highest BCUT2D eigenvalue weighted by molar-refractivity contribution is 7.90. The average molecular weight is 321 g/mol. The first kappa shape index (κ1) is 16.9. The molecule has 0 unspecified atom stereocenters. The van der Waals surface area contributed by atoms with Crippen LogP contribution in [0.15, 0.2) is 17.0 Å². The first-order chi connectivity index (χ1) is 9.10. The molecule has 0 radical (unpaired) electrons. The summed E-state index contributed by atoms with van der Waals surface area (Å²) in [5.74, 6) is -0.340. The average Bonchev–Trinajstić information content (AvgIpc) is 2.33. The van der Waals surface area contributed by atoms with E-state index in [0.29, 0.717) is 5.56 Å². The maximum atomic E-state index is 12.2. The molecular formula is C11H19N3O4S2. The Hall–Kier alpha value is -1.16. The fourth-order valence-electron chi connectivity index (χ4n) is 1.65. The van der Waals surface area contributed by atoms with E-state index in [0.717, 1.165) is 5.56 Å². The topological polar surface area (TPSA) is 118 Å². The smallest absolute Gasteiger partial charge is 0.242 e. The number of hydrogen-bond acceptors (Lipinski definition) is 5. The summed E-state index contributed by atoms with van der Waals surface area (Å²) >= 11 is 0. The van der Waals surface area contributed by atoms with Gasteiger partial charge in [-0.25, -0.2) is 26.3 Å². The fraction of sp³-hybridized carbons (Fsp3) is 0.455. The Bertz CT molecular complexity index is 697. The molecule has 0 fully saturated rings. The Labute approximate surface area is 119 Å². The number of nitrogen functional groups attached to an aromatic ring is 1. The molecule has 4 N–H and O–H groups in total. The number of sulfonamides is 2. The van der Waals surface area contributed by atoms with E-state index in [1.165, 1.54) is 13.1 Å². The van der Waals surface area contributed by atoms with Gasteiger partial charge in [-0.15, -0.1) is 0 Å². The fourth-order valence-corrected chi connectivity index (χ4v) is 3.81. The lowest BCUT2D eigenvalue weighted by atomic mass is 10.1. The summed E-state index contributed by atoms with van der Waals surface area (Å²) in [6.45, 7) is 3.21. The molecule has 0 atom stereocenters. The van der Waals surface area contributed by atoms with Crippen molar-refractivity contribution in [2.24, 2.45) is 0 Å². The summed E-state index contributed by atoms with van der Waals surface area (Å²) in [5, 5.41) is 0. The molecule has 0 aliphatic heterocycles. The highest BCUT2D eigenvalue weighted by atomic mass is 32.2. The minimum Gasteiger partial charge on any atom is -0.398 e. The van der Waals surface area contributed by atoms with E-state index in [-0.39, 0.29) is 22.9 Å². The molecule has 0 saturated heterocycles. The number of benzene rings is 1. The van der Waals surface area contributed by atoms with Crippen molar-refractivity contribution >= 4 is 25.7 Å². The van der Waals surface area contributed by atoms with Crippen LogP contribution < -0.4 is 15.2 Å². The van der Waals surface area contributed by atoms with Gasteiger partial charge in [0.2, 0.25) is 20.0 Å². The third-order valence-corrected chi connectivity index (χ3v) is 5.98. The maximum Gasteiger partial charge on any atom is 0.242 e. The first-order valence-corrected chi connectivity index (χ1v) is 9.01. The highest BCUT2D eigenvalue weighted by Crippen LogP contribution is 2.24. The van der Waals surface area contributed by atoms with E-state index in [4.69, 9.17) is 5.73 Å². The number of rotatable bonds is 6. The van der Waals surface area contributed by atoms with Gasteiger partial charge in [0.1, 0.15) is 4.90 Å². The van der Waals surface area contributed by atoms with Gasteiger partial charge in [-0.1, -0.05) is 6.07 Å². The van der Waals surface area contributed by atoms with Crippen molar-refractivity contribution in [2.75, 3.05) is 25.1 Å². The molecule has 0 amide bonds. The Morgan fingerprint density at radius 2 is 1.75 bits per heavy atom. The molecule has 0 aromatic heterocycles. The molecule has 20 heavy (non-hydrogen) atoms. The van der Waals surface area contributed by atoms with Crippen molar-refractivity contribution in [2.45, 2.75) is 18.7 Å². The van der Waals surface area contributed by atoms with Gasteiger partial charge in [-0.2, -0.15) is 0 Å².